The highest BCUT2D eigenvalue weighted by Gasteiger charge is 2.12. The molecule has 4 nitrogen and oxygen atoms in total. The van der Waals surface area contributed by atoms with Crippen molar-refractivity contribution in [1.82, 2.24) is 10.2 Å². The molecule has 0 unspecified atom stereocenters. The molecule has 1 saturated heterocycles. The number of amides is 1. The molecule has 0 saturated carbocycles. The van der Waals surface area contributed by atoms with E-state index in [0.717, 1.165) is 31.7 Å². The molecule has 1 aliphatic rings. The van der Waals surface area contributed by atoms with E-state index in [1.54, 1.807) is 30.4 Å². The quantitative estimate of drug-likeness (QED) is 0.743. The van der Waals surface area contributed by atoms with Crippen LogP contribution < -0.4 is 5.32 Å². The highest BCUT2D eigenvalue weighted by molar-refractivity contribution is 5.91. The molecule has 0 aliphatic carbocycles. The molecule has 2 rings (SSSR count). The van der Waals surface area contributed by atoms with Crippen molar-refractivity contribution >= 4 is 12.0 Å². The van der Waals surface area contributed by atoms with E-state index >= 15 is 0 Å². The number of hydrogen-bond donors (Lipinski definition) is 2. The van der Waals surface area contributed by atoms with Crippen LogP contribution in [0, 0.1) is 0 Å². The molecule has 1 heterocycles. The Balaban J connectivity index is 1.97. The van der Waals surface area contributed by atoms with Crippen molar-refractivity contribution in [3.8, 4) is 5.75 Å². The van der Waals surface area contributed by atoms with Crippen molar-refractivity contribution in [3.05, 3.63) is 35.9 Å². The fourth-order valence-electron chi connectivity index (χ4n) is 1.79. The highest BCUT2D eigenvalue weighted by atomic mass is 16.3. The number of nitrogens with one attached hydrogen (secondary N) is 1. The SMILES string of the molecule is O=C(C=Cc1cccc(O)c1)N1CCNCC1. The molecular weight excluding hydrogens is 216 g/mol. The lowest BCUT2D eigenvalue weighted by Gasteiger charge is -2.26. The predicted octanol–water partition coefficient (Wildman–Crippen LogP) is 0.837. The zero-order valence-electron chi connectivity index (χ0n) is 9.60. The van der Waals surface area contributed by atoms with Crippen molar-refractivity contribution in [2.45, 2.75) is 0 Å². The average molecular weight is 232 g/mol. The Morgan fingerprint density at radius 2 is 2.12 bits per heavy atom. The summed E-state index contributed by atoms with van der Waals surface area (Å²) in [7, 11) is 0. The Bertz CT molecular complexity index is 423. The molecule has 1 amide bonds. The second-order valence-corrected chi connectivity index (χ2v) is 4.00. The summed E-state index contributed by atoms with van der Waals surface area (Å²) in [6.07, 6.45) is 3.28. The summed E-state index contributed by atoms with van der Waals surface area (Å²) in [5.41, 5.74) is 0.827. The molecule has 17 heavy (non-hydrogen) atoms. The third-order valence-electron chi connectivity index (χ3n) is 2.72. The van der Waals surface area contributed by atoms with Gasteiger partial charge in [-0.05, 0) is 23.8 Å². The number of piperazine rings is 1. The van der Waals surface area contributed by atoms with Gasteiger partial charge in [0, 0.05) is 32.3 Å². The summed E-state index contributed by atoms with van der Waals surface area (Å²) >= 11 is 0. The summed E-state index contributed by atoms with van der Waals surface area (Å²) in [6.45, 7) is 3.21. The van der Waals surface area contributed by atoms with Gasteiger partial charge in [-0.25, -0.2) is 0 Å². The van der Waals surface area contributed by atoms with E-state index in [-0.39, 0.29) is 11.7 Å². The number of benzene rings is 1. The van der Waals surface area contributed by atoms with Crippen LogP contribution in [0.15, 0.2) is 30.3 Å². The first-order chi connectivity index (χ1) is 8.25. The van der Waals surface area contributed by atoms with E-state index in [1.807, 2.05) is 11.0 Å². The highest BCUT2D eigenvalue weighted by Crippen LogP contribution is 2.12. The fourth-order valence-corrected chi connectivity index (χ4v) is 1.79. The van der Waals surface area contributed by atoms with Gasteiger partial charge < -0.3 is 15.3 Å². The van der Waals surface area contributed by atoms with Gasteiger partial charge in [0.15, 0.2) is 0 Å². The maximum absolute atomic E-state index is 11.8. The lowest BCUT2D eigenvalue weighted by Crippen LogP contribution is -2.45. The number of phenolic OH excluding ortho intramolecular Hbond substituents is 1. The Hall–Kier alpha value is -1.81. The number of rotatable bonds is 2. The molecule has 4 heteroatoms. The molecule has 1 aliphatic heterocycles. The maximum Gasteiger partial charge on any atom is 0.246 e. The van der Waals surface area contributed by atoms with Crippen molar-refractivity contribution in [2.75, 3.05) is 26.2 Å². The van der Waals surface area contributed by atoms with Crippen LogP contribution in [0.3, 0.4) is 0 Å². The van der Waals surface area contributed by atoms with Crippen LogP contribution in [0.5, 0.6) is 5.75 Å². The first-order valence-electron chi connectivity index (χ1n) is 5.72. The van der Waals surface area contributed by atoms with Gasteiger partial charge in [0.05, 0.1) is 0 Å². The van der Waals surface area contributed by atoms with Crippen LogP contribution >= 0.6 is 0 Å². The van der Waals surface area contributed by atoms with Gasteiger partial charge in [0.1, 0.15) is 5.75 Å². The number of hydrogen-bond acceptors (Lipinski definition) is 3. The second-order valence-electron chi connectivity index (χ2n) is 4.00. The summed E-state index contributed by atoms with van der Waals surface area (Å²) in [5, 5.41) is 12.5. The van der Waals surface area contributed by atoms with Crippen LogP contribution in [0.25, 0.3) is 6.08 Å². The number of nitrogens with zero attached hydrogens (tertiary/aromatic N) is 1. The van der Waals surface area contributed by atoms with E-state index in [2.05, 4.69) is 5.32 Å². The summed E-state index contributed by atoms with van der Waals surface area (Å²) < 4.78 is 0. The van der Waals surface area contributed by atoms with Gasteiger partial charge in [-0.3, -0.25) is 4.79 Å². The number of phenols is 1. The van der Waals surface area contributed by atoms with Crippen LogP contribution in [-0.4, -0.2) is 42.1 Å². The molecule has 90 valence electrons. The van der Waals surface area contributed by atoms with E-state index in [4.69, 9.17) is 0 Å². The van der Waals surface area contributed by atoms with Crippen LogP contribution in [-0.2, 0) is 4.79 Å². The molecule has 0 aromatic heterocycles. The minimum Gasteiger partial charge on any atom is -0.508 e. The van der Waals surface area contributed by atoms with Crippen molar-refractivity contribution in [1.29, 1.82) is 0 Å². The van der Waals surface area contributed by atoms with Gasteiger partial charge in [-0.2, -0.15) is 0 Å². The molecule has 0 radical (unpaired) electrons. The van der Waals surface area contributed by atoms with E-state index in [9.17, 15) is 9.90 Å². The van der Waals surface area contributed by atoms with E-state index in [1.165, 1.54) is 0 Å². The minimum absolute atomic E-state index is 0.0230. The number of carbonyl (C=O) groups excluding carboxylic acids is 1. The van der Waals surface area contributed by atoms with Crippen LogP contribution in [0.1, 0.15) is 5.56 Å². The van der Waals surface area contributed by atoms with Crippen molar-refractivity contribution < 1.29 is 9.90 Å². The number of aromatic hydroxyl groups is 1. The van der Waals surface area contributed by atoms with E-state index < -0.39 is 0 Å². The lowest BCUT2D eigenvalue weighted by atomic mass is 10.2. The topological polar surface area (TPSA) is 52.6 Å². The normalized spacial score (nSPS) is 16.4. The van der Waals surface area contributed by atoms with Gasteiger partial charge in [0.25, 0.3) is 0 Å². The third kappa shape index (κ3) is 3.32. The lowest BCUT2D eigenvalue weighted by molar-refractivity contribution is -0.126. The van der Waals surface area contributed by atoms with Gasteiger partial charge >= 0.3 is 0 Å². The second kappa shape index (κ2) is 5.50. The molecule has 1 aromatic carbocycles. The Morgan fingerprint density at radius 1 is 1.35 bits per heavy atom. The van der Waals surface area contributed by atoms with Crippen molar-refractivity contribution in [3.63, 3.8) is 0 Å². The maximum atomic E-state index is 11.8. The summed E-state index contributed by atoms with van der Waals surface area (Å²) in [6, 6.07) is 6.84. The van der Waals surface area contributed by atoms with Gasteiger partial charge in [-0.15, -0.1) is 0 Å². The molecule has 0 atom stereocenters. The minimum atomic E-state index is 0.0230. The summed E-state index contributed by atoms with van der Waals surface area (Å²) in [4.78, 5) is 13.6. The Labute approximate surface area is 101 Å². The molecular formula is C13H16N2O2. The zero-order chi connectivity index (χ0) is 12.1. The zero-order valence-corrected chi connectivity index (χ0v) is 9.60. The molecule has 1 fully saturated rings. The average Bonchev–Trinajstić information content (AvgIpc) is 2.37. The van der Waals surface area contributed by atoms with Crippen LogP contribution in [0.2, 0.25) is 0 Å². The summed E-state index contributed by atoms with van der Waals surface area (Å²) in [5.74, 6) is 0.233. The molecule has 1 aromatic rings. The third-order valence-corrected chi connectivity index (χ3v) is 2.72. The Morgan fingerprint density at radius 3 is 2.82 bits per heavy atom. The smallest absolute Gasteiger partial charge is 0.246 e. The standard InChI is InChI=1S/C13H16N2O2/c16-12-3-1-2-11(10-12)4-5-13(17)15-8-6-14-7-9-15/h1-5,10,14,16H,6-9H2. The number of carbonyl (C=O) groups is 1. The van der Waals surface area contributed by atoms with Gasteiger partial charge in [-0.1, -0.05) is 12.1 Å². The largest absolute Gasteiger partial charge is 0.508 e. The van der Waals surface area contributed by atoms with E-state index in [0.29, 0.717) is 0 Å². The molecule has 0 bridgehead atoms. The fraction of sp³-hybridized carbons (Fsp3) is 0.308. The first-order valence-corrected chi connectivity index (χ1v) is 5.72. The van der Waals surface area contributed by atoms with Crippen LogP contribution in [0.4, 0.5) is 0 Å². The molecule has 0 spiro atoms. The van der Waals surface area contributed by atoms with Crippen molar-refractivity contribution in [2.24, 2.45) is 0 Å². The predicted molar refractivity (Wildman–Crippen MR) is 66.6 cm³/mol. The van der Waals surface area contributed by atoms with Gasteiger partial charge in [0.2, 0.25) is 5.91 Å². The first kappa shape index (κ1) is 11.7. The molecule has 2 N–H and O–H groups in total. The monoisotopic (exact) mass is 232 g/mol. The Kier molecular flexibility index (Phi) is 3.77.